The lowest BCUT2D eigenvalue weighted by Gasteiger charge is -2.17. The summed E-state index contributed by atoms with van der Waals surface area (Å²) in [6.07, 6.45) is -0.901. The number of ether oxygens (including phenoxy) is 5. The van der Waals surface area contributed by atoms with Crippen molar-refractivity contribution in [3.05, 3.63) is 138 Å². The third-order valence-corrected chi connectivity index (χ3v) is 9.51. The van der Waals surface area contributed by atoms with Crippen molar-refractivity contribution >= 4 is 44.1 Å². The molecule has 2 fully saturated rings. The van der Waals surface area contributed by atoms with Crippen LogP contribution in [0.25, 0.3) is 0 Å². The van der Waals surface area contributed by atoms with Gasteiger partial charge < -0.3 is 33.6 Å². The fourth-order valence-corrected chi connectivity index (χ4v) is 6.45. The van der Waals surface area contributed by atoms with Crippen molar-refractivity contribution in [2.24, 2.45) is 5.90 Å². The highest BCUT2D eigenvalue weighted by Gasteiger charge is 2.33. The molecule has 10 nitrogen and oxygen atoms in total. The number of ketones is 1. The van der Waals surface area contributed by atoms with Gasteiger partial charge in [0.15, 0.2) is 40.6 Å². The van der Waals surface area contributed by atoms with Crippen LogP contribution in [-0.2, 0) is 41.4 Å². The van der Waals surface area contributed by atoms with Crippen molar-refractivity contribution < 1.29 is 69.6 Å². The number of carbonyl (C=O) groups excluding carboxylic acids is 1. The van der Waals surface area contributed by atoms with Crippen molar-refractivity contribution in [3.63, 3.8) is 0 Å². The Bertz CT molecular complexity index is 2190. The van der Waals surface area contributed by atoms with E-state index in [1.165, 1.54) is 30.3 Å². The molecule has 2 heterocycles. The smallest absolute Gasteiger partial charge is 0.336 e. The molecule has 0 saturated carbocycles. The molecule has 2 aliphatic rings. The molecule has 18 heteroatoms. The molecule has 3 N–H and O–H groups in total. The van der Waals surface area contributed by atoms with Crippen LogP contribution in [0, 0.1) is 45.4 Å². The van der Waals surface area contributed by atoms with Gasteiger partial charge in [-0.2, -0.15) is 9.73 Å². The zero-order valence-corrected chi connectivity index (χ0v) is 36.3. The fraction of sp³-hybridized carbons (Fsp3) is 0.381. The molecule has 0 spiro atoms. The van der Waals surface area contributed by atoms with E-state index in [0.29, 0.717) is 29.0 Å². The number of hydrogen-bond donors (Lipinski definition) is 2. The number of halogens is 7. The number of hydrogen-bond acceptors (Lipinski definition) is 9. The van der Waals surface area contributed by atoms with E-state index in [-0.39, 0.29) is 71.6 Å². The lowest BCUT2D eigenvalue weighted by atomic mass is 9.95. The van der Waals surface area contributed by atoms with Crippen molar-refractivity contribution in [1.82, 2.24) is 0 Å². The zero-order chi connectivity index (χ0) is 47.2. The number of Topliss-reactive ketones (excluding diaryl/α,β-unsaturated/α-hetero) is 1. The highest BCUT2D eigenvalue weighted by molar-refractivity contribution is 14.1. The van der Waals surface area contributed by atoms with Crippen LogP contribution in [0.2, 0.25) is 0 Å². The van der Waals surface area contributed by atoms with E-state index in [1.807, 2.05) is 36.4 Å². The third-order valence-electron chi connectivity index (χ3n) is 8.83. The minimum absolute atomic E-state index is 0.0139. The first kappa shape index (κ1) is 46.0. The first-order chi connectivity index (χ1) is 29.4. The lowest BCUT2D eigenvalue weighted by Crippen LogP contribution is -2.25. The molecule has 0 aliphatic carbocycles. The van der Waals surface area contributed by atoms with Gasteiger partial charge in [-0.15, -0.1) is 0 Å². The Hall–Kier alpha value is -3.52. The number of carboxylic acid groups (broad SMARTS) is 1. The average molecular weight is 988 g/mol. The maximum atomic E-state index is 14.4. The van der Waals surface area contributed by atoms with Crippen LogP contribution >= 0.6 is 32.3 Å². The van der Waals surface area contributed by atoms with Gasteiger partial charge in [-0.1, -0.05) is 18.2 Å². The summed E-state index contributed by atoms with van der Waals surface area (Å²) in [7, 11) is -1.87. The van der Waals surface area contributed by atoms with Gasteiger partial charge >= 0.3 is 5.97 Å². The largest absolute Gasteiger partial charge is 0.478 e. The van der Waals surface area contributed by atoms with Crippen molar-refractivity contribution in [2.45, 2.75) is 71.2 Å². The summed E-state index contributed by atoms with van der Waals surface area (Å²) < 4.78 is 129. The van der Waals surface area contributed by atoms with E-state index in [4.69, 9.17) is 38.5 Å². The lowest BCUT2D eigenvalue weighted by molar-refractivity contribution is -0.145. The predicted molar refractivity (Wildman–Crippen MR) is 222 cm³/mol. The van der Waals surface area contributed by atoms with Gasteiger partial charge in [-0.25, -0.2) is 37.0 Å². The standard InChI is InChI=1S/C22H23F3O4.C14H8F3IO2.C6H13NO3.H3P/c1-13-4-5-14(19(24)8-13)9-17-16(6-7-18(23)21(17)25)20(26)12-27-10-15-11-28-22(2,3)29-15;15-11-4-3-9(14(19)20)10(13(11)17)5-7-1-2-8(18)6-12(7)16;1-6(2)8-3-5(10-6)4-9-7;/h4-8,15H,9-12H2,1-3H3;1-4,6H,5H2,(H,19,20);5H,3-4,7H2,1-2H3;1H3/t15-;;5-;/m0.1./s1/i;;;1T3. The number of aromatic carboxylic acids is 1. The van der Waals surface area contributed by atoms with Gasteiger partial charge in [0.25, 0.3) is 0 Å². The number of carbonyl (C=O) groups is 2. The van der Waals surface area contributed by atoms with Gasteiger partial charge in [0.05, 0.1) is 35.8 Å². The summed E-state index contributed by atoms with van der Waals surface area (Å²) in [6.45, 7) is 10.1. The molecule has 0 amide bonds. The molecule has 2 saturated heterocycles. The van der Waals surface area contributed by atoms with Gasteiger partial charge in [0.1, 0.15) is 30.4 Å². The summed E-state index contributed by atoms with van der Waals surface area (Å²) in [6, 6.07) is 12.6. The molecular formula is C42H47F6INO9P. The first-order valence-corrected chi connectivity index (χ1v) is 19.2. The SMILES string of the molecule is CC1(C)OC[C@H](CON)O1.Cc1ccc(Cc2c(C(=O)COC[C@H]3COC(C)(C)O3)ccc(F)c2F)c(F)c1.O=C(O)c1ccc(F)c(F)c1Cc1ccc(I)cc1F.[3H]P([3H])[3H]. The van der Waals surface area contributed by atoms with Crippen molar-refractivity contribution in [3.8, 4) is 0 Å². The molecule has 0 aromatic heterocycles. The monoisotopic (exact) mass is 987 g/mol. The predicted octanol–water partition coefficient (Wildman–Crippen LogP) is 8.44. The Labute approximate surface area is 364 Å². The fourth-order valence-electron chi connectivity index (χ4n) is 5.99. The molecule has 328 valence electrons. The zero-order valence-electron chi connectivity index (χ0n) is 36.3. The summed E-state index contributed by atoms with van der Waals surface area (Å²) in [5.74, 6) is -4.02. The number of benzene rings is 4. The minimum Gasteiger partial charge on any atom is -0.478 e. The summed E-state index contributed by atoms with van der Waals surface area (Å²) in [5.41, 5.74) is 0.0263. The Morgan fingerprint density at radius 2 is 1.27 bits per heavy atom. The number of nitrogens with two attached hydrogens (primary N) is 1. The van der Waals surface area contributed by atoms with E-state index in [9.17, 15) is 35.9 Å². The second-order valence-corrected chi connectivity index (χ2v) is 15.7. The van der Waals surface area contributed by atoms with Gasteiger partial charge in [-0.05, 0) is 116 Å². The van der Waals surface area contributed by atoms with E-state index >= 15 is 0 Å². The van der Waals surface area contributed by atoms with E-state index in [2.05, 4.69) is 4.84 Å². The quantitative estimate of drug-likeness (QED) is 0.0468. The van der Waals surface area contributed by atoms with E-state index in [1.54, 1.807) is 32.9 Å². The van der Waals surface area contributed by atoms with Gasteiger partial charge in [0, 0.05) is 33.1 Å². The molecule has 60 heavy (non-hydrogen) atoms. The van der Waals surface area contributed by atoms with Crippen molar-refractivity contribution in [2.75, 3.05) is 33.0 Å². The minimum atomic E-state index is -1.87. The summed E-state index contributed by atoms with van der Waals surface area (Å²) in [4.78, 5) is 28.0. The molecule has 4 aromatic rings. The second-order valence-electron chi connectivity index (χ2n) is 14.4. The van der Waals surface area contributed by atoms with Gasteiger partial charge in [0.2, 0.25) is 0 Å². The maximum absolute atomic E-state index is 14.4. The van der Waals surface area contributed by atoms with Crippen LogP contribution in [0.15, 0.2) is 60.7 Å². The molecule has 2 atom stereocenters. The normalized spacial score (nSPS) is 18.1. The maximum Gasteiger partial charge on any atom is 0.336 e. The Kier molecular flexibility index (Phi) is 17.3. The Morgan fingerprint density at radius 1 is 0.783 bits per heavy atom. The van der Waals surface area contributed by atoms with Crippen LogP contribution in [-0.4, -0.2) is 77.5 Å². The number of rotatable bonds is 12. The van der Waals surface area contributed by atoms with Gasteiger partial charge in [-0.3, -0.25) is 4.79 Å². The highest BCUT2D eigenvalue weighted by atomic mass is 127. The molecule has 0 unspecified atom stereocenters. The molecule has 0 bridgehead atoms. The third kappa shape index (κ3) is 14.6. The van der Waals surface area contributed by atoms with Crippen LogP contribution in [0.3, 0.4) is 0 Å². The number of aryl methyl sites for hydroxylation is 1. The summed E-state index contributed by atoms with van der Waals surface area (Å²) >= 11 is 1.91. The molecular weight excluding hydrogens is 934 g/mol. The van der Waals surface area contributed by atoms with Crippen LogP contribution in [0.4, 0.5) is 26.3 Å². The first-order valence-electron chi connectivity index (χ1n) is 19.5. The second kappa shape index (κ2) is 22.5. The molecule has 6 rings (SSSR count). The Morgan fingerprint density at radius 3 is 1.73 bits per heavy atom. The van der Waals surface area contributed by atoms with Crippen LogP contribution in [0.5, 0.6) is 0 Å². The average Bonchev–Trinajstić information content (AvgIpc) is 3.72. The highest BCUT2D eigenvalue weighted by Crippen LogP contribution is 2.26. The molecule has 2 aliphatic heterocycles. The molecule has 0 radical (unpaired) electrons. The number of carboxylic acids is 1. The molecule has 4 aromatic carbocycles. The topological polar surface area (TPSA) is 136 Å². The van der Waals surface area contributed by atoms with Crippen LogP contribution < -0.4 is 5.90 Å². The van der Waals surface area contributed by atoms with Crippen molar-refractivity contribution in [1.29, 1.82) is 3.84 Å². The van der Waals surface area contributed by atoms with E-state index < -0.39 is 68.0 Å². The van der Waals surface area contributed by atoms with Crippen LogP contribution in [0.1, 0.15) is 76.2 Å². The Balaban J connectivity index is 0.000000266. The summed E-state index contributed by atoms with van der Waals surface area (Å²) in [5, 5.41) is 8.99. The van der Waals surface area contributed by atoms with E-state index in [0.717, 1.165) is 18.2 Å².